The Hall–Kier alpha value is -2.95. The summed E-state index contributed by atoms with van der Waals surface area (Å²) in [6.07, 6.45) is 7.74. The highest BCUT2D eigenvalue weighted by Gasteiger charge is 2.22. The summed E-state index contributed by atoms with van der Waals surface area (Å²) < 4.78 is 0. The first kappa shape index (κ1) is 15.9. The maximum absolute atomic E-state index is 12.4. The zero-order chi connectivity index (χ0) is 16.9. The van der Waals surface area contributed by atoms with E-state index >= 15 is 0 Å². The van der Waals surface area contributed by atoms with Gasteiger partial charge in [0.05, 0.1) is 5.56 Å². The van der Waals surface area contributed by atoms with Gasteiger partial charge in [0.25, 0.3) is 5.91 Å². The molecule has 1 aliphatic heterocycles. The van der Waals surface area contributed by atoms with Gasteiger partial charge in [-0.25, -0.2) is 0 Å². The Labute approximate surface area is 140 Å². The van der Waals surface area contributed by atoms with Crippen LogP contribution in [-0.4, -0.2) is 22.0 Å². The number of para-hydroxylation sites is 1. The Kier molecular flexibility index (Phi) is 4.70. The van der Waals surface area contributed by atoms with Gasteiger partial charge >= 0.3 is 5.97 Å². The molecule has 0 unspecified atom stereocenters. The Morgan fingerprint density at radius 2 is 1.96 bits per heavy atom. The number of hydrogen-bond donors (Lipinski definition) is 2. The van der Waals surface area contributed by atoms with Crippen LogP contribution in [-0.2, 0) is 4.79 Å². The normalized spacial score (nSPS) is 14.5. The number of nitrogens with one attached hydrogen (secondary N) is 1. The molecule has 0 atom stereocenters. The van der Waals surface area contributed by atoms with Crippen molar-refractivity contribution in [2.45, 2.75) is 25.7 Å². The molecule has 0 aliphatic carbocycles. The Bertz CT molecular complexity index is 812. The Morgan fingerprint density at radius 3 is 2.79 bits per heavy atom. The van der Waals surface area contributed by atoms with Crippen molar-refractivity contribution in [1.29, 1.82) is 0 Å². The highest BCUT2D eigenvalue weighted by molar-refractivity contribution is 6.12. The molecule has 1 aliphatic rings. The number of carbonyl (C=O) groups is 2. The van der Waals surface area contributed by atoms with Crippen molar-refractivity contribution in [3.05, 3.63) is 65.5 Å². The van der Waals surface area contributed by atoms with Crippen molar-refractivity contribution in [2.75, 3.05) is 5.32 Å². The van der Waals surface area contributed by atoms with E-state index in [2.05, 4.69) is 16.4 Å². The van der Waals surface area contributed by atoms with Crippen LogP contribution in [0.25, 0.3) is 5.57 Å². The van der Waals surface area contributed by atoms with Gasteiger partial charge in [0.2, 0.25) is 0 Å². The summed E-state index contributed by atoms with van der Waals surface area (Å²) in [4.78, 5) is 27.2. The average Bonchev–Trinajstić information content (AvgIpc) is 2.70. The highest BCUT2D eigenvalue weighted by atomic mass is 16.4. The summed E-state index contributed by atoms with van der Waals surface area (Å²) in [6.45, 7) is 0. The number of carboxylic acid groups (broad SMARTS) is 1. The third kappa shape index (κ3) is 3.35. The van der Waals surface area contributed by atoms with Gasteiger partial charge in [0.15, 0.2) is 0 Å². The van der Waals surface area contributed by atoms with Gasteiger partial charge < -0.3 is 10.4 Å². The van der Waals surface area contributed by atoms with Crippen LogP contribution in [0.2, 0.25) is 0 Å². The van der Waals surface area contributed by atoms with Crippen LogP contribution in [0.3, 0.4) is 0 Å². The first-order valence-corrected chi connectivity index (χ1v) is 7.94. The molecule has 5 heteroatoms. The summed E-state index contributed by atoms with van der Waals surface area (Å²) in [5.74, 6) is -0.916. The fourth-order valence-corrected chi connectivity index (χ4v) is 2.86. The predicted octanol–water partition coefficient (Wildman–Crippen LogP) is 3.72. The van der Waals surface area contributed by atoms with Crippen LogP contribution >= 0.6 is 0 Å². The molecular weight excluding hydrogens is 304 g/mol. The average molecular weight is 322 g/mol. The van der Waals surface area contributed by atoms with Gasteiger partial charge in [-0.2, -0.15) is 0 Å². The minimum Gasteiger partial charge on any atom is -0.481 e. The third-order valence-corrected chi connectivity index (χ3v) is 4.01. The summed E-state index contributed by atoms with van der Waals surface area (Å²) in [5, 5.41) is 11.7. The van der Waals surface area contributed by atoms with Crippen LogP contribution in [0.4, 0.5) is 5.69 Å². The zero-order valence-electron chi connectivity index (χ0n) is 13.2. The number of amides is 1. The molecule has 24 heavy (non-hydrogen) atoms. The molecule has 3 rings (SSSR count). The summed E-state index contributed by atoms with van der Waals surface area (Å²) in [7, 11) is 0. The third-order valence-electron chi connectivity index (χ3n) is 4.01. The van der Waals surface area contributed by atoms with Crippen molar-refractivity contribution in [3.8, 4) is 0 Å². The van der Waals surface area contributed by atoms with E-state index in [9.17, 15) is 9.59 Å². The molecule has 5 nitrogen and oxygen atoms in total. The van der Waals surface area contributed by atoms with Gasteiger partial charge in [-0.3, -0.25) is 14.6 Å². The quantitative estimate of drug-likeness (QED) is 0.822. The maximum atomic E-state index is 12.4. The number of aromatic nitrogens is 1. The van der Waals surface area contributed by atoms with Gasteiger partial charge in [0, 0.05) is 35.6 Å². The minimum absolute atomic E-state index is 0.144. The van der Waals surface area contributed by atoms with Crippen molar-refractivity contribution in [1.82, 2.24) is 4.98 Å². The molecule has 2 N–H and O–H groups in total. The molecule has 2 aromatic rings. The second-order valence-corrected chi connectivity index (χ2v) is 5.68. The first-order valence-electron chi connectivity index (χ1n) is 7.94. The van der Waals surface area contributed by atoms with Crippen LogP contribution in [0.15, 0.2) is 48.8 Å². The number of allylic oxidation sites excluding steroid dienone is 1. The molecule has 1 aromatic heterocycles. The monoisotopic (exact) mass is 322 g/mol. The summed E-state index contributed by atoms with van der Waals surface area (Å²) >= 11 is 0. The van der Waals surface area contributed by atoms with Gasteiger partial charge in [0.1, 0.15) is 0 Å². The maximum Gasteiger partial charge on any atom is 0.303 e. The standard InChI is InChI=1S/C19H18N2O3/c22-18(23)9-3-1-2-6-13-14-7-4-5-8-17(14)21-19(24)15-10-11-20-12-16(13)15/h4-8,10-12H,1-3,9H2,(H,21,24)(H,22,23)/b13-6-. The lowest BCUT2D eigenvalue weighted by Crippen LogP contribution is -2.11. The lowest BCUT2D eigenvalue weighted by Gasteiger charge is -2.10. The fourth-order valence-electron chi connectivity index (χ4n) is 2.86. The van der Waals surface area contributed by atoms with Crippen molar-refractivity contribution >= 4 is 23.1 Å². The number of hydrogen-bond acceptors (Lipinski definition) is 3. The first-order chi connectivity index (χ1) is 11.7. The lowest BCUT2D eigenvalue weighted by atomic mass is 9.94. The van der Waals surface area contributed by atoms with E-state index < -0.39 is 5.97 Å². The smallest absolute Gasteiger partial charge is 0.303 e. The van der Waals surface area contributed by atoms with Gasteiger partial charge in [-0.15, -0.1) is 0 Å². The molecule has 0 saturated heterocycles. The number of carbonyl (C=O) groups excluding carboxylic acids is 1. The van der Waals surface area contributed by atoms with Crippen LogP contribution in [0, 0.1) is 0 Å². The summed E-state index contributed by atoms with van der Waals surface area (Å²) in [5.41, 5.74) is 4.09. The molecular formula is C19H18N2O3. The molecule has 0 saturated carbocycles. The number of pyridine rings is 1. The second-order valence-electron chi connectivity index (χ2n) is 5.68. The molecule has 0 bridgehead atoms. The van der Waals surface area contributed by atoms with E-state index in [1.807, 2.05) is 24.3 Å². The number of unbranched alkanes of at least 4 members (excludes halogenated alkanes) is 2. The molecule has 2 heterocycles. The molecule has 1 aromatic carbocycles. The number of aliphatic carboxylic acids is 1. The lowest BCUT2D eigenvalue weighted by molar-refractivity contribution is -0.137. The number of carboxylic acids is 1. The topological polar surface area (TPSA) is 79.3 Å². The molecule has 0 radical (unpaired) electrons. The largest absolute Gasteiger partial charge is 0.481 e. The van der Waals surface area contributed by atoms with Crippen molar-refractivity contribution in [2.24, 2.45) is 0 Å². The van der Waals surface area contributed by atoms with E-state index in [0.29, 0.717) is 12.0 Å². The molecule has 0 spiro atoms. The second kappa shape index (κ2) is 7.08. The van der Waals surface area contributed by atoms with E-state index in [0.717, 1.165) is 35.2 Å². The Balaban J connectivity index is 1.96. The van der Waals surface area contributed by atoms with Crippen LogP contribution in [0.5, 0.6) is 0 Å². The van der Waals surface area contributed by atoms with E-state index in [4.69, 9.17) is 5.11 Å². The number of fused-ring (bicyclic) bond motifs is 2. The van der Waals surface area contributed by atoms with Gasteiger partial charge in [-0.1, -0.05) is 24.3 Å². The van der Waals surface area contributed by atoms with E-state index in [1.165, 1.54) is 0 Å². The zero-order valence-corrected chi connectivity index (χ0v) is 13.2. The van der Waals surface area contributed by atoms with Crippen molar-refractivity contribution < 1.29 is 14.7 Å². The van der Waals surface area contributed by atoms with E-state index in [1.54, 1.807) is 18.5 Å². The number of rotatable bonds is 5. The molecule has 1 amide bonds. The summed E-state index contributed by atoms with van der Waals surface area (Å²) in [6, 6.07) is 9.39. The van der Waals surface area contributed by atoms with E-state index in [-0.39, 0.29) is 12.3 Å². The van der Waals surface area contributed by atoms with Crippen LogP contribution < -0.4 is 5.32 Å². The SMILES string of the molecule is O=C(O)CCCC/C=C1/c2ccccc2NC(=O)c2ccncc21. The van der Waals surface area contributed by atoms with Gasteiger partial charge in [-0.05, 0) is 37.0 Å². The number of nitrogens with zero attached hydrogens (tertiary/aromatic N) is 1. The molecule has 122 valence electrons. The van der Waals surface area contributed by atoms with Crippen molar-refractivity contribution in [3.63, 3.8) is 0 Å². The Morgan fingerprint density at radius 1 is 1.12 bits per heavy atom. The molecule has 0 fully saturated rings. The fraction of sp³-hybridized carbons (Fsp3) is 0.211. The highest BCUT2D eigenvalue weighted by Crippen LogP contribution is 2.34. The minimum atomic E-state index is -0.771. The number of anilines is 1. The predicted molar refractivity (Wildman–Crippen MR) is 91.8 cm³/mol. The number of benzene rings is 1. The van der Waals surface area contributed by atoms with Crippen LogP contribution in [0.1, 0.15) is 47.2 Å².